The van der Waals surface area contributed by atoms with Crippen LogP contribution in [0.2, 0.25) is 0 Å². The Hall–Kier alpha value is -2.95. The molecular formula is C17H15N3O2. The minimum atomic E-state index is -0.405. The fraction of sp³-hybridized carbons (Fsp3) is 0.118. The second-order valence-corrected chi connectivity index (χ2v) is 4.83. The molecule has 0 radical (unpaired) electrons. The third kappa shape index (κ3) is 3.03. The van der Waals surface area contributed by atoms with Gasteiger partial charge in [0.25, 0.3) is 0 Å². The van der Waals surface area contributed by atoms with Gasteiger partial charge < -0.3 is 9.30 Å². The summed E-state index contributed by atoms with van der Waals surface area (Å²) in [5.41, 5.74) is 2.88. The van der Waals surface area contributed by atoms with E-state index in [0.717, 1.165) is 11.2 Å². The molecule has 5 nitrogen and oxygen atoms in total. The van der Waals surface area contributed by atoms with Gasteiger partial charge in [-0.05, 0) is 17.7 Å². The number of fused-ring (bicyclic) bond motifs is 1. The Balaban J connectivity index is 1.62. The Bertz CT molecular complexity index is 822. The average Bonchev–Trinajstić information content (AvgIpc) is 2.93. The van der Waals surface area contributed by atoms with Crippen molar-refractivity contribution in [1.29, 1.82) is 0 Å². The van der Waals surface area contributed by atoms with Crippen LogP contribution in [0.3, 0.4) is 0 Å². The number of carbonyl (C=O) groups is 1. The molecule has 0 spiro atoms. The summed E-state index contributed by atoms with van der Waals surface area (Å²) in [5, 5.41) is 0. The highest BCUT2D eigenvalue weighted by Gasteiger charge is 2.10. The Morgan fingerprint density at radius 1 is 1.27 bits per heavy atom. The zero-order chi connectivity index (χ0) is 15.4. The van der Waals surface area contributed by atoms with Gasteiger partial charge >= 0.3 is 5.97 Å². The maximum absolute atomic E-state index is 12.0. The van der Waals surface area contributed by atoms with E-state index in [9.17, 15) is 4.79 Å². The Morgan fingerprint density at radius 2 is 2.09 bits per heavy atom. The summed E-state index contributed by atoms with van der Waals surface area (Å²) in [6.45, 7) is 0.216. The highest BCUT2D eigenvalue weighted by molar-refractivity contribution is 5.92. The van der Waals surface area contributed by atoms with E-state index in [-0.39, 0.29) is 6.61 Å². The van der Waals surface area contributed by atoms with Gasteiger partial charge in [0, 0.05) is 13.2 Å². The fourth-order valence-corrected chi connectivity index (χ4v) is 2.08. The number of hydrogen-bond donors (Lipinski definition) is 0. The number of hydrogen-bond acceptors (Lipinski definition) is 4. The molecule has 3 aromatic rings. The van der Waals surface area contributed by atoms with Crippen LogP contribution >= 0.6 is 0 Å². The predicted octanol–water partition coefficient (Wildman–Crippen LogP) is 2.84. The lowest BCUT2D eigenvalue weighted by molar-refractivity contribution is 0.0550. The predicted molar refractivity (Wildman–Crippen MR) is 84.3 cm³/mol. The molecule has 0 bridgehead atoms. The average molecular weight is 293 g/mol. The van der Waals surface area contributed by atoms with Gasteiger partial charge in [-0.1, -0.05) is 36.4 Å². The first-order valence-electron chi connectivity index (χ1n) is 6.90. The molecule has 110 valence electrons. The molecule has 2 heterocycles. The van der Waals surface area contributed by atoms with Gasteiger partial charge in [-0.25, -0.2) is 14.8 Å². The first kappa shape index (κ1) is 14.0. The fourth-order valence-electron chi connectivity index (χ4n) is 2.08. The quantitative estimate of drug-likeness (QED) is 0.694. The molecule has 0 saturated carbocycles. The largest absolute Gasteiger partial charge is 0.458 e. The summed E-state index contributed by atoms with van der Waals surface area (Å²) in [7, 11) is 1.86. The maximum Gasteiger partial charge on any atom is 0.340 e. The summed E-state index contributed by atoms with van der Waals surface area (Å²) in [6.07, 6.45) is 6.88. The summed E-state index contributed by atoms with van der Waals surface area (Å²) in [6, 6.07) is 11.5. The van der Waals surface area contributed by atoms with Crippen LogP contribution in [0, 0.1) is 0 Å². The van der Waals surface area contributed by atoms with Crippen molar-refractivity contribution in [3.05, 3.63) is 66.1 Å². The maximum atomic E-state index is 12.0. The zero-order valence-electron chi connectivity index (χ0n) is 12.1. The Labute approximate surface area is 127 Å². The highest BCUT2D eigenvalue weighted by atomic mass is 16.5. The van der Waals surface area contributed by atoms with Gasteiger partial charge in [0.1, 0.15) is 12.1 Å². The van der Waals surface area contributed by atoms with Crippen LogP contribution in [0.1, 0.15) is 15.9 Å². The number of ether oxygens (including phenoxy) is 1. The van der Waals surface area contributed by atoms with Gasteiger partial charge in [-0.3, -0.25) is 0 Å². The normalized spacial score (nSPS) is 11.1. The SMILES string of the molecule is Cn1cnc2cc(C(=O)OC/C=C/c3ccccc3)cnc21. The molecule has 3 rings (SSSR count). The number of carbonyl (C=O) groups excluding carboxylic acids is 1. The van der Waals surface area contributed by atoms with Crippen LogP contribution in [0.5, 0.6) is 0 Å². The van der Waals surface area contributed by atoms with E-state index in [4.69, 9.17) is 4.74 Å². The van der Waals surface area contributed by atoms with E-state index in [2.05, 4.69) is 9.97 Å². The molecule has 0 aliphatic rings. The summed E-state index contributed by atoms with van der Waals surface area (Å²) in [4.78, 5) is 20.4. The number of rotatable bonds is 4. The summed E-state index contributed by atoms with van der Waals surface area (Å²) >= 11 is 0. The monoisotopic (exact) mass is 293 g/mol. The number of imidazole rings is 1. The zero-order valence-corrected chi connectivity index (χ0v) is 12.1. The second-order valence-electron chi connectivity index (χ2n) is 4.83. The number of aryl methyl sites for hydroxylation is 1. The third-order valence-electron chi connectivity index (χ3n) is 3.21. The molecule has 0 unspecified atom stereocenters. The van der Waals surface area contributed by atoms with Crippen molar-refractivity contribution in [2.45, 2.75) is 0 Å². The van der Waals surface area contributed by atoms with Gasteiger partial charge in [-0.2, -0.15) is 0 Å². The van der Waals surface area contributed by atoms with Crippen LogP contribution in [0.15, 0.2) is 55.0 Å². The van der Waals surface area contributed by atoms with Crippen molar-refractivity contribution in [3.63, 3.8) is 0 Å². The van der Waals surface area contributed by atoms with Crippen molar-refractivity contribution >= 4 is 23.2 Å². The topological polar surface area (TPSA) is 57.0 Å². The van der Waals surface area contributed by atoms with Crippen LogP contribution < -0.4 is 0 Å². The standard InChI is InChI=1S/C17H15N3O2/c1-20-12-19-15-10-14(11-18-16(15)20)17(21)22-9-5-8-13-6-3-2-4-7-13/h2-8,10-12H,9H2,1H3/b8-5+. The lowest BCUT2D eigenvalue weighted by Gasteiger charge is -2.02. The molecular weight excluding hydrogens is 278 g/mol. The molecule has 0 fully saturated rings. The van der Waals surface area contributed by atoms with E-state index in [1.165, 1.54) is 6.20 Å². The van der Waals surface area contributed by atoms with Crippen molar-refractivity contribution in [3.8, 4) is 0 Å². The van der Waals surface area contributed by atoms with E-state index in [1.807, 2.05) is 43.5 Å². The van der Waals surface area contributed by atoms with Crippen molar-refractivity contribution in [2.75, 3.05) is 6.61 Å². The first-order valence-corrected chi connectivity index (χ1v) is 6.90. The minimum absolute atomic E-state index is 0.216. The summed E-state index contributed by atoms with van der Waals surface area (Å²) in [5.74, 6) is -0.405. The molecule has 0 saturated heterocycles. The molecule has 0 amide bonds. The molecule has 2 aromatic heterocycles. The molecule has 0 N–H and O–H groups in total. The first-order chi connectivity index (χ1) is 10.7. The smallest absolute Gasteiger partial charge is 0.340 e. The number of esters is 1. The Morgan fingerprint density at radius 3 is 2.91 bits per heavy atom. The van der Waals surface area contributed by atoms with Crippen LogP contribution in [0.4, 0.5) is 0 Å². The van der Waals surface area contributed by atoms with Gasteiger partial charge in [0.2, 0.25) is 0 Å². The summed E-state index contributed by atoms with van der Waals surface area (Å²) < 4.78 is 7.00. The minimum Gasteiger partial charge on any atom is -0.458 e. The van der Waals surface area contributed by atoms with Crippen LogP contribution in [0.25, 0.3) is 17.2 Å². The molecule has 0 aliphatic heterocycles. The van der Waals surface area contributed by atoms with Crippen LogP contribution in [-0.4, -0.2) is 27.1 Å². The lowest BCUT2D eigenvalue weighted by atomic mass is 10.2. The number of benzene rings is 1. The third-order valence-corrected chi connectivity index (χ3v) is 3.21. The van der Waals surface area contributed by atoms with Crippen LogP contribution in [-0.2, 0) is 11.8 Å². The molecule has 1 aromatic carbocycles. The van der Waals surface area contributed by atoms with Crippen molar-refractivity contribution in [1.82, 2.24) is 14.5 Å². The van der Waals surface area contributed by atoms with E-state index in [1.54, 1.807) is 23.0 Å². The second kappa shape index (κ2) is 6.22. The number of aromatic nitrogens is 3. The van der Waals surface area contributed by atoms with Gasteiger partial charge in [-0.15, -0.1) is 0 Å². The van der Waals surface area contributed by atoms with E-state index >= 15 is 0 Å². The Kier molecular flexibility index (Phi) is 3.96. The lowest BCUT2D eigenvalue weighted by Crippen LogP contribution is -2.05. The highest BCUT2D eigenvalue weighted by Crippen LogP contribution is 2.11. The van der Waals surface area contributed by atoms with Gasteiger partial charge in [0.05, 0.1) is 11.9 Å². The molecule has 0 aliphatic carbocycles. The number of nitrogens with zero attached hydrogens (tertiary/aromatic N) is 3. The molecule has 5 heteroatoms. The van der Waals surface area contributed by atoms with Gasteiger partial charge in [0.15, 0.2) is 5.65 Å². The van der Waals surface area contributed by atoms with E-state index < -0.39 is 5.97 Å². The molecule has 0 atom stereocenters. The van der Waals surface area contributed by atoms with E-state index in [0.29, 0.717) is 11.1 Å². The van der Waals surface area contributed by atoms with Crippen molar-refractivity contribution in [2.24, 2.45) is 7.05 Å². The van der Waals surface area contributed by atoms with Crippen molar-refractivity contribution < 1.29 is 9.53 Å². The molecule has 22 heavy (non-hydrogen) atoms. The number of pyridine rings is 1.